The Morgan fingerprint density at radius 2 is 2.29 bits per heavy atom. The molecule has 8 nitrogen and oxygen atoms in total. The Kier molecular flexibility index (Phi) is 3.43. The lowest BCUT2D eigenvalue weighted by Gasteiger charge is -2.15. The van der Waals surface area contributed by atoms with Gasteiger partial charge in [-0.25, -0.2) is 9.97 Å². The minimum absolute atomic E-state index is 0.0426. The third kappa shape index (κ3) is 2.64. The predicted octanol–water partition coefficient (Wildman–Crippen LogP) is 0.236. The quantitative estimate of drug-likeness (QED) is 0.836. The average Bonchev–Trinajstić information content (AvgIpc) is 3.11. The molecule has 0 saturated carbocycles. The molecule has 0 aromatic carbocycles. The highest BCUT2D eigenvalue weighted by atomic mass is 16.3. The molecule has 0 saturated heterocycles. The molecule has 2 aromatic rings. The van der Waals surface area contributed by atoms with Crippen LogP contribution in [0.2, 0.25) is 0 Å². The van der Waals surface area contributed by atoms with Gasteiger partial charge < -0.3 is 20.0 Å². The summed E-state index contributed by atoms with van der Waals surface area (Å²) >= 11 is 0. The van der Waals surface area contributed by atoms with Crippen molar-refractivity contribution in [2.45, 2.75) is 32.4 Å². The van der Waals surface area contributed by atoms with Crippen LogP contribution in [0.4, 0.5) is 0 Å². The van der Waals surface area contributed by atoms with E-state index >= 15 is 0 Å². The maximum Gasteiger partial charge on any atom is 0.270 e. The van der Waals surface area contributed by atoms with Crippen molar-refractivity contribution in [2.24, 2.45) is 5.73 Å². The lowest BCUT2D eigenvalue weighted by molar-refractivity contribution is 0.0936. The number of imidazole rings is 1. The molecule has 0 aliphatic carbocycles. The van der Waals surface area contributed by atoms with Gasteiger partial charge >= 0.3 is 0 Å². The first-order valence-corrected chi connectivity index (χ1v) is 6.72. The molecule has 2 amide bonds. The molecule has 0 atom stereocenters. The number of primary amides is 1. The van der Waals surface area contributed by atoms with Crippen LogP contribution >= 0.6 is 0 Å². The highest BCUT2D eigenvalue weighted by Crippen LogP contribution is 2.16. The maximum atomic E-state index is 12.2. The summed E-state index contributed by atoms with van der Waals surface area (Å²) in [6.45, 7) is 0.898. The topological polar surface area (TPSA) is 116 Å². The van der Waals surface area contributed by atoms with Gasteiger partial charge in [0.05, 0.1) is 12.7 Å². The number of hydrogen-bond donors (Lipinski definition) is 2. The fourth-order valence-corrected chi connectivity index (χ4v) is 2.35. The van der Waals surface area contributed by atoms with Crippen molar-refractivity contribution in [3.63, 3.8) is 0 Å². The number of oxazole rings is 1. The van der Waals surface area contributed by atoms with Crippen molar-refractivity contribution in [3.05, 3.63) is 35.6 Å². The zero-order valence-electron chi connectivity index (χ0n) is 11.3. The summed E-state index contributed by atoms with van der Waals surface area (Å²) in [7, 11) is 0. The Hall–Kier alpha value is -2.64. The molecule has 21 heavy (non-hydrogen) atoms. The van der Waals surface area contributed by atoms with Crippen molar-refractivity contribution in [1.29, 1.82) is 0 Å². The zero-order chi connectivity index (χ0) is 14.8. The molecule has 3 N–H and O–H groups in total. The SMILES string of the molecule is NC(=O)c1coc(CNC(=O)c2cnc3n2CCCC3)n1. The smallest absolute Gasteiger partial charge is 0.270 e. The van der Waals surface area contributed by atoms with Gasteiger partial charge in [0, 0.05) is 13.0 Å². The summed E-state index contributed by atoms with van der Waals surface area (Å²) < 4.78 is 6.99. The molecule has 1 aliphatic rings. The molecule has 8 heteroatoms. The lowest BCUT2D eigenvalue weighted by atomic mass is 10.1. The Balaban J connectivity index is 1.66. The highest BCUT2D eigenvalue weighted by Gasteiger charge is 2.19. The second kappa shape index (κ2) is 5.39. The number of carbonyl (C=O) groups excluding carboxylic acids is 2. The van der Waals surface area contributed by atoms with Crippen molar-refractivity contribution in [2.75, 3.05) is 0 Å². The molecule has 3 heterocycles. The number of carbonyl (C=O) groups is 2. The number of hydrogen-bond acceptors (Lipinski definition) is 5. The first kappa shape index (κ1) is 13.3. The molecule has 0 bridgehead atoms. The summed E-state index contributed by atoms with van der Waals surface area (Å²) in [5, 5.41) is 2.70. The van der Waals surface area contributed by atoms with Crippen LogP contribution < -0.4 is 11.1 Å². The number of nitrogens with one attached hydrogen (secondary N) is 1. The molecule has 0 unspecified atom stereocenters. The van der Waals surface area contributed by atoms with Crippen molar-refractivity contribution >= 4 is 11.8 Å². The molecule has 0 spiro atoms. The standard InChI is InChI=1S/C13H15N5O3/c14-12(19)8-7-21-11(17-8)6-16-13(20)9-5-15-10-3-1-2-4-18(9)10/h5,7H,1-4,6H2,(H2,14,19)(H,16,20). The van der Waals surface area contributed by atoms with Crippen LogP contribution in [0.15, 0.2) is 16.9 Å². The van der Waals surface area contributed by atoms with Crippen molar-refractivity contribution in [3.8, 4) is 0 Å². The van der Waals surface area contributed by atoms with Gasteiger partial charge in [0.25, 0.3) is 11.8 Å². The van der Waals surface area contributed by atoms with E-state index in [9.17, 15) is 9.59 Å². The molecule has 0 fully saturated rings. The Morgan fingerprint density at radius 1 is 1.43 bits per heavy atom. The Labute approximate surface area is 120 Å². The number of amides is 2. The van der Waals surface area contributed by atoms with Crippen LogP contribution in [0.3, 0.4) is 0 Å². The lowest BCUT2D eigenvalue weighted by Crippen LogP contribution is -2.27. The van der Waals surface area contributed by atoms with E-state index in [1.807, 2.05) is 4.57 Å². The van der Waals surface area contributed by atoms with Crippen LogP contribution in [0.5, 0.6) is 0 Å². The summed E-state index contributed by atoms with van der Waals surface area (Å²) in [4.78, 5) is 31.2. The van der Waals surface area contributed by atoms with E-state index in [0.717, 1.165) is 31.6 Å². The number of nitrogens with zero attached hydrogens (tertiary/aromatic N) is 3. The Morgan fingerprint density at radius 3 is 3.05 bits per heavy atom. The molecule has 0 radical (unpaired) electrons. The summed E-state index contributed by atoms with van der Waals surface area (Å²) in [6.07, 6.45) is 5.80. The molecular weight excluding hydrogens is 274 g/mol. The van der Waals surface area contributed by atoms with E-state index in [2.05, 4.69) is 15.3 Å². The fourth-order valence-electron chi connectivity index (χ4n) is 2.35. The van der Waals surface area contributed by atoms with E-state index in [4.69, 9.17) is 10.2 Å². The van der Waals surface area contributed by atoms with Crippen molar-refractivity contribution < 1.29 is 14.0 Å². The van der Waals surface area contributed by atoms with E-state index in [-0.39, 0.29) is 24.0 Å². The Bertz CT molecular complexity index is 688. The second-order valence-corrected chi connectivity index (χ2v) is 4.84. The third-order valence-corrected chi connectivity index (χ3v) is 3.41. The number of fused-ring (bicyclic) bond motifs is 1. The van der Waals surface area contributed by atoms with Gasteiger partial charge in [0.15, 0.2) is 5.69 Å². The van der Waals surface area contributed by atoms with Gasteiger partial charge in [-0.05, 0) is 12.8 Å². The number of aromatic nitrogens is 3. The van der Waals surface area contributed by atoms with Gasteiger partial charge in [-0.1, -0.05) is 0 Å². The molecular formula is C13H15N5O3. The predicted molar refractivity (Wildman–Crippen MR) is 71.4 cm³/mol. The fraction of sp³-hybridized carbons (Fsp3) is 0.385. The first-order valence-electron chi connectivity index (χ1n) is 6.72. The van der Waals surface area contributed by atoms with Crippen LogP contribution in [-0.4, -0.2) is 26.3 Å². The third-order valence-electron chi connectivity index (χ3n) is 3.41. The van der Waals surface area contributed by atoms with E-state index in [1.54, 1.807) is 6.20 Å². The number of nitrogens with two attached hydrogens (primary N) is 1. The minimum Gasteiger partial charge on any atom is -0.446 e. The van der Waals surface area contributed by atoms with E-state index < -0.39 is 5.91 Å². The van der Waals surface area contributed by atoms with Crippen LogP contribution in [-0.2, 0) is 19.5 Å². The second-order valence-electron chi connectivity index (χ2n) is 4.84. The average molecular weight is 289 g/mol. The summed E-state index contributed by atoms with van der Waals surface area (Å²) in [5.41, 5.74) is 5.65. The molecule has 110 valence electrons. The van der Waals surface area contributed by atoms with Gasteiger partial charge in [-0.15, -0.1) is 0 Å². The van der Waals surface area contributed by atoms with Gasteiger partial charge in [-0.3, -0.25) is 9.59 Å². The molecule has 3 rings (SSSR count). The van der Waals surface area contributed by atoms with Crippen LogP contribution in [0, 0.1) is 0 Å². The summed E-state index contributed by atoms with van der Waals surface area (Å²) in [6, 6.07) is 0. The van der Waals surface area contributed by atoms with E-state index in [1.165, 1.54) is 6.26 Å². The monoisotopic (exact) mass is 289 g/mol. The van der Waals surface area contributed by atoms with Gasteiger partial charge in [-0.2, -0.15) is 0 Å². The largest absolute Gasteiger partial charge is 0.446 e. The zero-order valence-corrected chi connectivity index (χ0v) is 11.3. The maximum absolute atomic E-state index is 12.2. The van der Waals surface area contributed by atoms with E-state index in [0.29, 0.717) is 5.69 Å². The van der Waals surface area contributed by atoms with Crippen LogP contribution in [0.25, 0.3) is 0 Å². The normalized spacial score (nSPS) is 13.7. The first-order chi connectivity index (χ1) is 10.1. The molecule has 1 aliphatic heterocycles. The van der Waals surface area contributed by atoms with Gasteiger partial charge in [0.2, 0.25) is 5.89 Å². The minimum atomic E-state index is -0.666. The molecule has 2 aromatic heterocycles. The number of aryl methyl sites for hydroxylation is 1. The highest BCUT2D eigenvalue weighted by molar-refractivity contribution is 5.92. The van der Waals surface area contributed by atoms with Gasteiger partial charge in [0.1, 0.15) is 17.8 Å². The summed E-state index contributed by atoms with van der Waals surface area (Å²) in [5.74, 6) is 0.268. The van der Waals surface area contributed by atoms with Crippen LogP contribution in [0.1, 0.15) is 45.5 Å². The van der Waals surface area contributed by atoms with Crippen molar-refractivity contribution in [1.82, 2.24) is 19.9 Å². The number of rotatable bonds is 4.